The van der Waals surface area contributed by atoms with Gasteiger partial charge in [-0.2, -0.15) is 5.01 Å². The van der Waals surface area contributed by atoms with Crippen molar-refractivity contribution in [3.05, 3.63) is 83.8 Å². The van der Waals surface area contributed by atoms with E-state index in [9.17, 15) is 19.2 Å². The van der Waals surface area contributed by atoms with E-state index in [0.29, 0.717) is 5.01 Å². The van der Waals surface area contributed by atoms with Crippen LogP contribution in [0.15, 0.2) is 69.9 Å². The van der Waals surface area contributed by atoms with E-state index in [2.05, 4.69) is 4.98 Å². The number of piperazine rings is 1. The molecule has 2 aliphatic heterocycles. The summed E-state index contributed by atoms with van der Waals surface area (Å²) in [6.45, 7) is 3.27. The first-order valence-electron chi connectivity index (χ1n) is 11.5. The summed E-state index contributed by atoms with van der Waals surface area (Å²) >= 11 is 0. The van der Waals surface area contributed by atoms with Crippen molar-refractivity contribution in [3.8, 4) is 0 Å². The second-order valence-electron chi connectivity index (χ2n) is 9.34. The lowest BCUT2D eigenvalue weighted by Crippen LogP contribution is -2.70. The highest BCUT2D eigenvalue weighted by Gasteiger charge is 2.54. The number of fused-ring (bicyclic) bond motifs is 4. The van der Waals surface area contributed by atoms with Crippen LogP contribution in [0.25, 0.3) is 10.9 Å². The molecule has 6 rings (SSSR count). The van der Waals surface area contributed by atoms with Gasteiger partial charge in [-0.15, -0.1) is 0 Å². The zero-order chi connectivity index (χ0) is 25.2. The quantitative estimate of drug-likeness (QED) is 0.445. The Balaban J connectivity index is 1.44. The normalized spacial score (nSPS) is 18.8. The van der Waals surface area contributed by atoms with Crippen molar-refractivity contribution < 1.29 is 28.0 Å². The summed E-state index contributed by atoms with van der Waals surface area (Å²) < 4.78 is 10.4. The Bertz CT molecular complexity index is 1470. The molecule has 1 saturated heterocycles. The van der Waals surface area contributed by atoms with Gasteiger partial charge in [0.2, 0.25) is 5.91 Å². The molecule has 1 atom stereocenters. The summed E-state index contributed by atoms with van der Waals surface area (Å²) in [5.74, 6) is -2.99. The summed E-state index contributed by atoms with van der Waals surface area (Å²) in [4.78, 5) is 59.2. The number of imide groups is 1. The predicted octanol–water partition coefficient (Wildman–Crippen LogP) is 3.08. The predicted molar refractivity (Wildman–Crippen MR) is 125 cm³/mol. The van der Waals surface area contributed by atoms with Gasteiger partial charge in [0, 0.05) is 23.0 Å². The number of rotatable bonds is 3. The number of aromatic nitrogens is 1. The maximum atomic E-state index is 14.0. The van der Waals surface area contributed by atoms with E-state index in [0.717, 1.165) is 27.2 Å². The third-order valence-electron chi connectivity index (χ3n) is 6.92. The molecular formula is C26H22N4O6. The van der Waals surface area contributed by atoms with Crippen molar-refractivity contribution in [2.24, 2.45) is 0 Å². The molecule has 1 aromatic carbocycles. The number of aromatic amines is 1. The van der Waals surface area contributed by atoms with Crippen molar-refractivity contribution in [2.75, 3.05) is 6.54 Å². The molecule has 0 radical (unpaired) electrons. The molecule has 0 bridgehead atoms. The molecular weight excluding hydrogens is 464 g/mol. The average Bonchev–Trinajstić information content (AvgIpc) is 3.63. The lowest BCUT2D eigenvalue weighted by atomic mass is 9.82. The number of hydrogen-bond donors (Lipinski definition) is 1. The number of benzene rings is 1. The van der Waals surface area contributed by atoms with E-state index >= 15 is 0 Å². The van der Waals surface area contributed by atoms with Crippen LogP contribution < -0.4 is 0 Å². The van der Waals surface area contributed by atoms with E-state index in [4.69, 9.17) is 8.83 Å². The first-order valence-corrected chi connectivity index (χ1v) is 11.5. The second-order valence-corrected chi connectivity index (χ2v) is 9.34. The fourth-order valence-corrected chi connectivity index (χ4v) is 5.36. The van der Waals surface area contributed by atoms with Gasteiger partial charge in [-0.05, 0) is 49.7 Å². The maximum absolute atomic E-state index is 14.0. The van der Waals surface area contributed by atoms with Crippen LogP contribution in [0.4, 0.5) is 0 Å². The molecule has 2 aliphatic rings. The zero-order valence-electron chi connectivity index (χ0n) is 19.6. The molecule has 10 nitrogen and oxygen atoms in total. The molecule has 0 spiro atoms. The summed E-state index contributed by atoms with van der Waals surface area (Å²) in [5, 5.41) is 2.52. The van der Waals surface area contributed by atoms with E-state index in [1.54, 1.807) is 4.90 Å². The van der Waals surface area contributed by atoms with Crippen LogP contribution in [0.1, 0.15) is 46.2 Å². The molecule has 5 heterocycles. The Kier molecular flexibility index (Phi) is 4.69. The Morgan fingerprint density at radius 1 is 0.972 bits per heavy atom. The van der Waals surface area contributed by atoms with Gasteiger partial charge in [-0.1, -0.05) is 18.2 Å². The van der Waals surface area contributed by atoms with Gasteiger partial charge in [0.05, 0.1) is 18.1 Å². The van der Waals surface area contributed by atoms with Gasteiger partial charge in [0.25, 0.3) is 5.91 Å². The van der Waals surface area contributed by atoms with Gasteiger partial charge < -0.3 is 18.7 Å². The molecule has 4 amide bonds. The first kappa shape index (κ1) is 21.9. The SMILES string of the molecule is CC1(C)c2[nH]c3ccccc3c2CC2C(=O)N(N(C(=O)c3ccco3)C(=O)c3ccco3)CC(=O)N21. The van der Waals surface area contributed by atoms with Crippen molar-refractivity contribution in [1.82, 2.24) is 19.9 Å². The number of hydrazine groups is 1. The van der Waals surface area contributed by atoms with Crippen molar-refractivity contribution in [1.29, 1.82) is 0 Å². The van der Waals surface area contributed by atoms with Crippen LogP contribution in [-0.4, -0.2) is 56.1 Å². The van der Waals surface area contributed by atoms with Crippen LogP contribution in [0.3, 0.4) is 0 Å². The largest absolute Gasteiger partial charge is 0.459 e. The number of furan rings is 2. The van der Waals surface area contributed by atoms with Gasteiger partial charge in [-0.25, -0.2) is 5.01 Å². The molecule has 1 unspecified atom stereocenters. The smallest absolute Gasteiger partial charge is 0.315 e. The fraction of sp³-hybridized carbons (Fsp3) is 0.231. The first-order chi connectivity index (χ1) is 17.3. The van der Waals surface area contributed by atoms with Crippen LogP contribution in [0.5, 0.6) is 0 Å². The number of carbonyl (C=O) groups excluding carboxylic acids is 4. The minimum Gasteiger partial charge on any atom is -0.459 e. The minimum absolute atomic E-state index is 0.152. The topological polar surface area (TPSA) is 120 Å². The Hall–Kier alpha value is -4.60. The third-order valence-corrected chi connectivity index (χ3v) is 6.92. The monoisotopic (exact) mass is 486 g/mol. The Morgan fingerprint density at radius 3 is 2.22 bits per heavy atom. The number of nitrogens with one attached hydrogen (secondary N) is 1. The summed E-state index contributed by atoms with van der Waals surface area (Å²) in [6.07, 6.45) is 2.81. The van der Waals surface area contributed by atoms with Gasteiger partial charge >= 0.3 is 11.8 Å². The molecule has 3 aromatic heterocycles. The number of carbonyl (C=O) groups is 4. The number of H-pyrrole nitrogens is 1. The lowest BCUT2D eigenvalue weighted by Gasteiger charge is -2.51. The van der Waals surface area contributed by atoms with Crippen molar-refractivity contribution in [2.45, 2.75) is 31.8 Å². The summed E-state index contributed by atoms with van der Waals surface area (Å²) in [7, 11) is 0. The average molecular weight is 486 g/mol. The molecule has 0 saturated carbocycles. The highest BCUT2D eigenvalue weighted by Crippen LogP contribution is 2.43. The second kappa shape index (κ2) is 7.70. The van der Waals surface area contributed by atoms with Crippen molar-refractivity contribution in [3.63, 3.8) is 0 Å². The molecule has 4 aromatic rings. The van der Waals surface area contributed by atoms with Gasteiger partial charge in [0.1, 0.15) is 12.6 Å². The van der Waals surface area contributed by atoms with Gasteiger partial charge in [-0.3, -0.25) is 19.2 Å². The number of para-hydroxylation sites is 1. The van der Waals surface area contributed by atoms with E-state index in [1.165, 1.54) is 36.8 Å². The number of amides is 4. The molecule has 182 valence electrons. The highest BCUT2D eigenvalue weighted by atomic mass is 16.4. The maximum Gasteiger partial charge on any atom is 0.315 e. The van der Waals surface area contributed by atoms with Crippen LogP contribution in [0, 0.1) is 0 Å². The van der Waals surface area contributed by atoms with E-state index < -0.39 is 41.8 Å². The number of hydrogen-bond acceptors (Lipinski definition) is 6. The molecule has 36 heavy (non-hydrogen) atoms. The molecule has 0 aliphatic carbocycles. The fourth-order valence-electron chi connectivity index (χ4n) is 5.36. The summed E-state index contributed by atoms with van der Waals surface area (Å²) in [6, 6.07) is 12.6. The summed E-state index contributed by atoms with van der Waals surface area (Å²) in [5.41, 5.74) is 1.89. The van der Waals surface area contributed by atoms with E-state index in [1.807, 2.05) is 38.1 Å². The molecule has 10 heteroatoms. The minimum atomic E-state index is -0.913. The molecule has 1 fully saturated rings. The van der Waals surface area contributed by atoms with Crippen LogP contribution >= 0.6 is 0 Å². The van der Waals surface area contributed by atoms with Crippen molar-refractivity contribution >= 4 is 34.5 Å². The standard InChI is InChI=1S/C26H22N4O6/c1-26(2)22-16(15-7-3-4-8-17(15)27-22)13-18-23(32)28(14-21(31)29(18)26)30(24(33)19-9-5-11-35-19)25(34)20-10-6-12-36-20/h3-12,18,27H,13-14H2,1-2H3. The third kappa shape index (κ3) is 3.03. The van der Waals surface area contributed by atoms with Crippen LogP contribution in [0.2, 0.25) is 0 Å². The lowest BCUT2D eigenvalue weighted by molar-refractivity contribution is -0.173. The number of nitrogens with zero attached hydrogens (tertiary/aromatic N) is 3. The van der Waals surface area contributed by atoms with E-state index in [-0.39, 0.29) is 17.9 Å². The van der Waals surface area contributed by atoms with Crippen LogP contribution in [-0.2, 0) is 21.5 Å². The highest BCUT2D eigenvalue weighted by molar-refractivity contribution is 6.10. The Labute approximate surface area is 205 Å². The molecule has 1 N–H and O–H groups in total. The Morgan fingerprint density at radius 2 is 1.61 bits per heavy atom. The zero-order valence-corrected chi connectivity index (χ0v) is 19.6. The van der Waals surface area contributed by atoms with Gasteiger partial charge in [0.15, 0.2) is 11.5 Å².